The molecule has 0 amide bonds. The number of rotatable bonds is 3. The van der Waals surface area contributed by atoms with Crippen molar-refractivity contribution in [2.24, 2.45) is 0 Å². The van der Waals surface area contributed by atoms with Gasteiger partial charge in [0.15, 0.2) is 0 Å². The largest absolute Gasteiger partial charge is 0.387 e. The van der Waals surface area contributed by atoms with Crippen LogP contribution in [0.3, 0.4) is 0 Å². The molecule has 1 aromatic carbocycles. The van der Waals surface area contributed by atoms with Gasteiger partial charge in [-0.25, -0.2) is 0 Å². The quantitative estimate of drug-likeness (QED) is 0.818. The van der Waals surface area contributed by atoms with E-state index >= 15 is 0 Å². The van der Waals surface area contributed by atoms with Crippen molar-refractivity contribution in [3.8, 4) is 0 Å². The van der Waals surface area contributed by atoms with Gasteiger partial charge in [-0.3, -0.25) is 0 Å². The molecule has 0 saturated carbocycles. The van der Waals surface area contributed by atoms with Gasteiger partial charge in [0.1, 0.15) is 12.7 Å². The van der Waals surface area contributed by atoms with Crippen LogP contribution in [0.2, 0.25) is 0 Å². The maximum atomic E-state index is 9.91. The molecule has 78 valence electrons. The van der Waals surface area contributed by atoms with Gasteiger partial charge in [0, 0.05) is 0 Å². The lowest BCUT2D eigenvalue weighted by molar-refractivity contribution is 0.156. The SMILES string of the molecule is Cc1ccc(C(O)Cn2cnnc2)cc1. The summed E-state index contributed by atoms with van der Waals surface area (Å²) in [6, 6.07) is 7.85. The first-order chi connectivity index (χ1) is 7.25. The van der Waals surface area contributed by atoms with Crippen LogP contribution in [0, 0.1) is 6.92 Å². The Morgan fingerprint density at radius 2 is 1.80 bits per heavy atom. The zero-order valence-electron chi connectivity index (χ0n) is 8.54. The van der Waals surface area contributed by atoms with Gasteiger partial charge in [0.2, 0.25) is 0 Å². The summed E-state index contributed by atoms with van der Waals surface area (Å²) in [5.41, 5.74) is 2.10. The van der Waals surface area contributed by atoms with Crippen LogP contribution >= 0.6 is 0 Å². The Balaban J connectivity index is 2.08. The van der Waals surface area contributed by atoms with Crippen molar-refractivity contribution in [3.05, 3.63) is 48.0 Å². The summed E-state index contributed by atoms with van der Waals surface area (Å²) in [6.07, 6.45) is 2.68. The molecule has 0 aliphatic rings. The van der Waals surface area contributed by atoms with E-state index < -0.39 is 6.10 Å². The Morgan fingerprint density at radius 1 is 1.20 bits per heavy atom. The molecule has 2 rings (SSSR count). The molecule has 1 aromatic heterocycles. The third-order valence-electron chi connectivity index (χ3n) is 2.31. The smallest absolute Gasteiger partial charge is 0.119 e. The van der Waals surface area contributed by atoms with Crippen molar-refractivity contribution in [2.75, 3.05) is 0 Å². The summed E-state index contributed by atoms with van der Waals surface area (Å²) in [6.45, 7) is 2.51. The highest BCUT2D eigenvalue weighted by Gasteiger charge is 2.07. The van der Waals surface area contributed by atoms with Gasteiger partial charge in [-0.15, -0.1) is 10.2 Å². The van der Waals surface area contributed by atoms with E-state index in [1.54, 1.807) is 17.2 Å². The third kappa shape index (κ3) is 2.41. The van der Waals surface area contributed by atoms with E-state index in [-0.39, 0.29) is 0 Å². The zero-order valence-corrected chi connectivity index (χ0v) is 8.54. The van der Waals surface area contributed by atoms with Crippen LogP contribution in [0.5, 0.6) is 0 Å². The summed E-state index contributed by atoms with van der Waals surface area (Å²) in [5.74, 6) is 0. The molecular weight excluding hydrogens is 190 g/mol. The minimum absolute atomic E-state index is 0.482. The van der Waals surface area contributed by atoms with E-state index in [1.807, 2.05) is 31.2 Å². The van der Waals surface area contributed by atoms with E-state index in [0.717, 1.165) is 5.56 Å². The average Bonchev–Trinajstić information content (AvgIpc) is 2.71. The number of aliphatic hydroxyl groups excluding tert-OH is 1. The molecule has 1 unspecified atom stereocenters. The number of hydrogen-bond acceptors (Lipinski definition) is 3. The lowest BCUT2D eigenvalue weighted by Crippen LogP contribution is -2.06. The van der Waals surface area contributed by atoms with E-state index in [0.29, 0.717) is 6.54 Å². The van der Waals surface area contributed by atoms with Crippen molar-refractivity contribution in [1.29, 1.82) is 0 Å². The second-order valence-corrected chi connectivity index (χ2v) is 3.59. The maximum Gasteiger partial charge on any atom is 0.119 e. The minimum Gasteiger partial charge on any atom is -0.387 e. The molecule has 4 heteroatoms. The molecule has 2 aromatic rings. The van der Waals surface area contributed by atoms with Crippen LogP contribution in [0.4, 0.5) is 0 Å². The minimum atomic E-state index is -0.512. The first-order valence-corrected chi connectivity index (χ1v) is 4.83. The van der Waals surface area contributed by atoms with Gasteiger partial charge in [-0.05, 0) is 12.5 Å². The van der Waals surface area contributed by atoms with Gasteiger partial charge >= 0.3 is 0 Å². The van der Waals surface area contributed by atoms with Crippen molar-refractivity contribution >= 4 is 0 Å². The standard InChI is InChI=1S/C11H13N3O/c1-9-2-4-10(5-3-9)11(15)6-14-7-12-13-8-14/h2-5,7-8,11,15H,6H2,1H3. The number of benzene rings is 1. The Morgan fingerprint density at radius 3 is 2.40 bits per heavy atom. The number of aryl methyl sites for hydroxylation is 1. The van der Waals surface area contributed by atoms with Crippen LogP contribution in [-0.4, -0.2) is 19.9 Å². The molecule has 1 heterocycles. The molecule has 0 fully saturated rings. The average molecular weight is 203 g/mol. The zero-order chi connectivity index (χ0) is 10.7. The predicted octanol–water partition coefficient (Wildman–Crippen LogP) is 1.32. The Bertz CT molecular complexity index is 408. The first kappa shape index (κ1) is 9.86. The topological polar surface area (TPSA) is 50.9 Å². The Labute approximate surface area is 88.2 Å². The predicted molar refractivity (Wildman–Crippen MR) is 56.2 cm³/mol. The fraction of sp³-hybridized carbons (Fsp3) is 0.273. The van der Waals surface area contributed by atoms with E-state index in [1.165, 1.54) is 5.56 Å². The van der Waals surface area contributed by atoms with Crippen molar-refractivity contribution in [3.63, 3.8) is 0 Å². The normalized spacial score (nSPS) is 12.7. The van der Waals surface area contributed by atoms with Gasteiger partial charge < -0.3 is 9.67 Å². The molecular formula is C11H13N3O. The van der Waals surface area contributed by atoms with Gasteiger partial charge in [0.05, 0.1) is 12.6 Å². The van der Waals surface area contributed by atoms with Gasteiger partial charge in [-0.1, -0.05) is 29.8 Å². The molecule has 0 saturated heterocycles. The van der Waals surface area contributed by atoms with E-state index in [4.69, 9.17) is 0 Å². The van der Waals surface area contributed by atoms with Crippen LogP contribution in [0.15, 0.2) is 36.9 Å². The summed E-state index contributed by atoms with van der Waals surface area (Å²) in [4.78, 5) is 0. The van der Waals surface area contributed by atoms with E-state index in [2.05, 4.69) is 10.2 Å². The molecule has 0 aliphatic carbocycles. The lowest BCUT2D eigenvalue weighted by Gasteiger charge is -2.11. The van der Waals surface area contributed by atoms with Crippen molar-refractivity contribution in [2.45, 2.75) is 19.6 Å². The molecule has 1 N–H and O–H groups in total. The fourth-order valence-electron chi connectivity index (χ4n) is 1.41. The number of aromatic nitrogens is 3. The van der Waals surface area contributed by atoms with Gasteiger partial charge in [-0.2, -0.15) is 0 Å². The molecule has 1 atom stereocenters. The highest BCUT2D eigenvalue weighted by Crippen LogP contribution is 2.15. The molecule has 0 aliphatic heterocycles. The number of hydrogen-bond donors (Lipinski definition) is 1. The molecule has 4 nitrogen and oxygen atoms in total. The number of nitrogens with zero attached hydrogens (tertiary/aromatic N) is 3. The molecule has 0 spiro atoms. The van der Waals surface area contributed by atoms with Crippen LogP contribution in [0.25, 0.3) is 0 Å². The third-order valence-corrected chi connectivity index (χ3v) is 2.31. The highest BCUT2D eigenvalue weighted by molar-refractivity contribution is 5.22. The van der Waals surface area contributed by atoms with Crippen LogP contribution in [0.1, 0.15) is 17.2 Å². The van der Waals surface area contributed by atoms with Crippen LogP contribution < -0.4 is 0 Å². The molecule has 15 heavy (non-hydrogen) atoms. The lowest BCUT2D eigenvalue weighted by atomic mass is 10.1. The molecule has 0 radical (unpaired) electrons. The summed E-state index contributed by atoms with van der Waals surface area (Å²) in [7, 11) is 0. The van der Waals surface area contributed by atoms with E-state index in [9.17, 15) is 5.11 Å². The first-order valence-electron chi connectivity index (χ1n) is 4.83. The monoisotopic (exact) mass is 203 g/mol. The second-order valence-electron chi connectivity index (χ2n) is 3.59. The summed E-state index contributed by atoms with van der Waals surface area (Å²) < 4.78 is 1.75. The number of aliphatic hydroxyl groups is 1. The molecule has 0 bridgehead atoms. The van der Waals surface area contributed by atoms with Crippen LogP contribution in [-0.2, 0) is 6.54 Å². The highest BCUT2D eigenvalue weighted by atomic mass is 16.3. The summed E-state index contributed by atoms with van der Waals surface area (Å²) >= 11 is 0. The summed E-state index contributed by atoms with van der Waals surface area (Å²) in [5, 5.41) is 17.3. The Kier molecular flexibility index (Phi) is 2.78. The van der Waals surface area contributed by atoms with Crippen molar-refractivity contribution < 1.29 is 5.11 Å². The fourth-order valence-corrected chi connectivity index (χ4v) is 1.41. The Hall–Kier alpha value is -1.68. The maximum absolute atomic E-state index is 9.91. The van der Waals surface area contributed by atoms with Crippen molar-refractivity contribution in [1.82, 2.24) is 14.8 Å². The second kappa shape index (κ2) is 4.23. The van der Waals surface area contributed by atoms with Gasteiger partial charge in [0.25, 0.3) is 0 Å².